The Morgan fingerprint density at radius 3 is 2.47 bits per heavy atom. The highest BCUT2D eigenvalue weighted by molar-refractivity contribution is 5.82. The quantitative estimate of drug-likeness (QED) is 0.612. The molecule has 102 valence electrons. The topological polar surface area (TPSA) is 74.0 Å². The zero-order chi connectivity index (χ0) is 13.7. The van der Waals surface area contributed by atoms with Crippen molar-refractivity contribution in [3.05, 3.63) is 29.8 Å². The van der Waals surface area contributed by atoms with Gasteiger partial charge in [0.15, 0.2) is 0 Å². The normalized spacial score (nSPS) is 16.8. The first-order valence-electron chi connectivity index (χ1n) is 6.27. The van der Waals surface area contributed by atoms with Gasteiger partial charge in [0.1, 0.15) is 0 Å². The highest BCUT2D eigenvalue weighted by Crippen LogP contribution is 2.16. The first-order valence-corrected chi connectivity index (χ1v) is 6.27. The van der Waals surface area contributed by atoms with Crippen LogP contribution in [0.1, 0.15) is 5.56 Å². The lowest BCUT2D eigenvalue weighted by Gasteiger charge is -2.34. The third kappa shape index (κ3) is 3.96. The lowest BCUT2D eigenvalue weighted by Crippen LogP contribution is -2.44. The zero-order valence-corrected chi connectivity index (χ0v) is 11.0. The Bertz CT molecular complexity index is 449. The van der Waals surface area contributed by atoms with E-state index in [4.69, 9.17) is 5.73 Å². The molecule has 1 aromatic rings. The Balaban J connectivity index is 1.94. The smallest absolute Gasteiger partial charge is 0.332 e. The second-order valence-electron chi connectivity index (χ2n) is 4.62. The fraction of sp³-hybridized carbons (Fsp3) is 0.385. The van der Waals surface area contributed by atoms with E-state index < -0.39 is 6.03 Å². The highest BCUT2D eigenvalue weighted by atomic mass is 16.2. The maximum absolute atomic E-state index is 10.5. The largest absolute Gasteiger partial charge is 0.369 e. The standard InChI is InChI=1S/C13H19N5O/c1-17-6-8-18(9-7-17)12-4-2-11(3-5-12)10-15-16-13(14)19/h2-5,10H,6-9H2,1H3,(H3,14,16,19). The number of amides is 2. The number of carbonyl (C=O) groups is 1. The number of rotatable bonds is 3. The van der Waals surface area contributed by atoms with Crippen molar-refractivity contribution in [3.8, 4) is 0 Å². The van der Waals surface area contributed by atoms with Gasteiger partial charge in [0.05, 0.1) is 6.21 Å². The number of anilines is 1. The number of nitrogens with one attached hydrogen (secondary N) is 1. The predicted octanol–water partition coefficient (Wildman–Crippen LogP) is 0.441. The molecule has 2 amide bonds. The van der Waals surface area contributed by atoms with E-state index in [0.717, 1.165) is 31.7 Å². The number of benzene rings is 1. The molecule has 0 saturated carbocycles. The van der Waals surface area contributed by atoms with E-state index in [1.54, 1.807) is 6.21 Å². The summed E-state index contributed by atoms with van der Waals surface area (Å²) in [4.78, 5) is 15.2. The number of primary amides is 1. The molecule has 0 bridgehead atoms. The SMILES string of the molecule is CN1CCN(c2ccc(C=NNC(N)=O)cc2)CC1. The van der Waals surface area contributed by atoms with E-state index in [-0.39, 0.29) is 0 Å². The molecule has 6 nitrogen and oxygen atoms in total. The van der Waals surface area contributed by atoms with Crippen LogP contribution in [0, 0.1) is 0 Å². The number of nitrogens with two attached hydrogens (primary N) is 1. The number of hydrogen-bond donors (Lipinski definition) is 2. The van der Waals surface area contributed by atoms with E-state index in [9.17, 15) is 4.79 Å². The van der Waals surface area contributed by atoms with Crippen molar-refractivity contribution in [1.82, 2.24) is 10.3 Å². The minimum atomic E-state index is -0.662. The molecule has 0 radical (unpaired) electrons. The molecule has 1 saturated heterocycles. The van der Waals surface area contributed by atoms with Crippen molar-refractivity contribution in [3.63, 3.8) is 0 Å². The van der Waals surface area contributed by atoms with E-state index in [1.807, 2.05) is 12.1 Å². The van der Waals surface area contributed by atoms with Gasteiger partial charge in [-0.1, -0.05) is 12.1 Å². The fourth-order valence-corrected chi connectivity index (χ4v) is 2.01. The van der Waals surface area contributed by atoms with Crippen molar-refractivity contribution in [2.24, 2.45) is 10.8 Å². The van der Waals surface area contributed by atoms with Gasteiger partial charge in [0, 0.05) is 31.9 Å². The predicted molar refractivity (Wildman–Crippen MR) is 76.5 cm³/mol. The Labute approximate surface area is 112 Å². The van der Waals surface area contributed by atoms with Crippen LogP contribution >= 0.6 is 0 Å². The molecule has 1 aromatic carbocycles. The molecule has 0 aliphatic carbocycles. The molecular formula is C13H19N5O. The fourth-order valence-electron chi connectivity index (χ4n) is 2.01. The van der Waals surface area contributed by atoms with Gasteiger partial charge in [0.25, 0.3) is 0 Å². The number of hydrogen-bond acceptors (Lipinski definition) is 4. The monoisotopic (exact) mass is 261 g/mol. The van der Waals surface area contributed by atoms with E-state index in [2.05, 4.69) is 39.5 Å². The van der Waals surface area contributed by atoms with Gasteiger partial charge in [-0.25, -0.2) is 10.2 Å². The molecule has 1 heterocycles. The van der Waals surface area contributed by atoms with Gasteiger partial charge in [-0.2, -0.15) is 5.10 Å². The van der Waals surface area contributed by atoms with Gasteiger partial charge in [-0.3, -0.25) is 0 Å². The number of urea groups is 1. The molecule has 6 heteroatoms. The molecule has 1 aliphatic heterocycles. The van der Waals surface area contributed by atoms with Crippen molar-refractivity contribution in [2.45, 2.75) is 0 Å². The number of piperazine rings is 1. The summed E-state index contributed by atoms with van der Waals surface area (Å²) in [5, 5.41) is 3.72. The van der Waals surface area contributed by atoms with Crippen LogP contribution in [0.15, 0.2) is 29.4 Å². The Morgan fingerprint density at radius 1 is 1.26 bits per heavy atom. The van der Waals surface area contributed by atoms with Gasteiger partial charge in [-0.05, 0) is 24.7 Å². The van der Waals surface area contributed by atoms with E-state index in [0.29, 0.717) is 0 Å². The summed E-state index contributed by atoms with van der Waals surface area (Å²) in [6.07, 6.45) is 1.57. The summed E-state index contributed by atoms with van der Waals surface area (Å²) in [7, 11) is 2.14. The molecule has 1 aliphatic rings. The molecule has 1 fully saturated rings. The Hall–Kier alpha value is -2.08. The van der Waals surface area contributed by atoms with Gasteiger partial charge >= 0.3 is 6.03 Å². The number of carbonyl (C=O) groups excluding carboxylic acids is 1. The van der Waals surface area contributed by atoms with Crippen LogP contribution in [0.5, 0.6) is 0 Å². The Kier molecular flexibility index (Phi) is 4.35. The number of hydrazone groups is 1. The number of likely N-dealkylation sites (N-methyl/N-ethyl adjacent to an activating group) is 1. The van der Waals surface area contributed by atoms with Crippen LogP contribution in [0.2, 0.25) is 0 Å². The number of nitrogens with zero attached hydrogens (tertiary/aromatic N) is 3. The third-order valence-corrected chi connectivity index (χ3v) is 3.15. The summed E-state index contributed by atoms with van der Waals surface area (Å²) in [5.74, 6) is 0. The summed E-state index contributed by atoms with van der Waals surface area (Å²) >= 11 is 0. The van der Waals surface area contributed by atoms with Gasteiger partial charge in [0.2, 0.25) is 0 Å². The second-order valence-corrected chi connectivity index (χ2v) is 4.62. The molecule has 19 heavy (non-hydrogen) atoms. The third-order valence-electron chi connectivity index (χ3n) is 3.15. The van der Waals surface area contributed by atoms with Crippen molar-refractivity contribution < 1.29 is 4.79 Å². The van der Waals surface area contributed by atoms with Crippen LogP contribution in [-0.2, 0) is 0 Å². The summed E-state index contributed by atoms with van der Waals surface area (Å²) in [6, 6.07) is 7.42. The molecule has 3 N–H and O–H groups in total. The molecule has 2 rings (SSSR count). The van der Waals surface area contributed by atoms with E-state index >= 15 is 0 Å². The first kappa shape index (κ1) is 13.4. The van der Waals surface area contributed by atoms with Gasteiger partial charge in [-0.15, -0.1) is 0 Å². The average Bonchev–Trinajstić information content (AvgIpc) is 2.40. The van der Waals surface area contributed by atoms with Crippen LogP contribution in [0.25, 0.3) is 0 Å². The Morgan fingerprint density at radius 2 is 1.89 bits per heavy atom. The van der Waals surface area contributed by atoms with Crippen LogP contribution in [0.3, 0.4) is 0 Å². The minimum Gasteiger partial charge on any atom is -0.369 e. The highest BCUT2D eigenvalue weighted by Gasteiger charge is 2.13. The summed E-state index contributed by atoms with van der Waals surface area (Å²) < 4.78 is 0. The first-order chi connectivity index (χ1) is 9.15. The lowest BCUT2D eigenvalue weighted by atomic mass is 10.2. The molecule has 0 spiro atoms. The maximum Gasteiger partial charge on any atom is 0.332 e. The molecule has 0 aromatic heterocycles. The summed E-state index contributed by atoms with van der Waals surface area (Å²) in [6.45, 7) is 4.28. The van der Waals surface area contributed by atoms with Crippen molar-refractivity contribution in [1.29, 1.82) is 0 Å². The van der Waals surface area contributed by atoms with Crippen molar-refractivity contribution >= 4 is 17.9 Å². The minimum absolute atomic E-state index is 0.662. The van der Waals surface area contributed by atoms with E-state index in [1.165, 1.54) is 5.69 Å². The molecular weight excluding hydrogens is 242 g/mol. The van der Waals surface area contributed by atoms with Gasteiger partial charge < -0.3 is 15.5 Å². The molecule has 0 atom stereocenters. The van der Waals surface area contributed by atoms with Crippen LogP contribution in [0.4, 0.5) is 10.5 Å². The maximum atomic E-state index is 10.5. The zero-order valence-electron chi connectivity index (χ0n) is 11.0. The van der Waals surface area contributed by atoms with Crippen molar-refractivity contribution in [2.75, 3.05) is 38.1 Å². The van der Waals surface area contributed by atoms with Crippen LogP contribution < -0.4 is 16.1 Å². The second kappa shape index (κ2) is 6.19. The molecule has 0 unspecified atom stereocenters. The van der Waals surface area contributed by atoms with Crippen LogP contribution in [-0.4, -0.2) is 50.4 Å². The average molecular weight is 261 g/mol. The summed E-state index contributed by atoms with van der Waals surface area (Å²) in [5.41, 5.74) is 9.22. The lowest BCUT2D eigenvalue weighted by molar-refractivity contribution is 0.249.